The Labute approximate surface area is 67.6 Å². The molecular formula is C2H4O8P2-4. The van der Waals surface area contributed by atoms with Gasteiger partial charge in [0, 0.05) is 0 Å². The molecule has 0 rings (SSSR count). The lowest BCUT2D eigenvalue weighted by Gasteiger charge is -2.31. The highest BCUT2D eigenvalue weighted by Gasteiger charge is 1.93. The summed E-state index contributed by atoms with van der Waals surface area (Å²) in [6, 6.07) is 0. The van der Waals surface area contributed by atoms with Crippen LogP contribution in [0.25, 0.3) is 0 Å². The van der Waals surface area contributed by atoms with Crippen LogP contribution >= 0.6 is 15.6 Å². The van der Waals surface area contributed by atoms with Crippen LogP contribution in [0.5, 0.6) is 0 Å². The molecule has 0 aromatic carbocycles. The maximum Gasteiger partial charge on any atom is 0.0756 e. The van der Waals surface area contributed by atoms with E-state index in [4.69, 9.17) is 0 Å². The SMILES string of the molecule is O=P([O-])([O-])OCCOP(=O)([O-])[O-]. The van der Waals surface area contributed by atoms with Crippen molar-refractivity contribution in [2.75, 3.05) is 13.2 Å². The molecule has 0 aliphatic carbocycles. The maximum absolute atomic E-state index is 9.72. The van der Waals surface area contributed by atoms with E-state index in [0.717, 1.165) is 0 Å². The summed E-state index contributed by atoms with van der Waals surface area (Å²) in [6.45, 7) is -1.59. The van der Waals surface area contributed by atoms with Crippen LogP contribution in [0.1, 0.15) is 0 Å². The van der Waals surface area contributed by atoms with Crippen molar-refractivity contribution in [3.63, 3.8) is 0 Å². The summed E-state index contributed by atoms with van der Waals surface area (Å²) in [4.78, 5) is 38.9. The highest BCUT2D eigenvalue weighted by Crippen LogP contribution is 2.27. The molecule has 0 aromatic rings. The third-order valence-corrected chi connectivity index (χ3v) is 1.58. The van der Waals surface area contributed by atoms with Gasteiger partial charge in [0.05, 0.1) is 28.9 Å². The van der Waals surface area contributed by atoms with Gasteiger partial charge in [0.15, 0.2) is 0 Å². The van der Waals surface area contributed by atoms with Gasteiger partial charge in [0.2, 0.25) is 0 Å². The number of rotatable bonds is 5. The third-order valence-electron chi connectivity index (χ3n) is 0.582. The Kier molecular flexibility index (Phi) is 4.54. The molecule has 10 heteroatoms. The van der Waals surface area contributed by atoms with Gasteiger partial charge < -0.3 is 37.8 Å². The molecule has 0 aliphatic heterocycles. The first kappa shape index (κ1) is 12.2. The van der Waals surface area contributed by atoms with Gasteiger partial charge in [0.1, 0.15) is 0 Å². The van der Waals surface area contributed by atoms with Crippen molar-refractivity contribution >= 4 is 15.6 Å². The predicted molar refractivity (Wildman–Crippen MR) is 27.1 cm³/mol. The van der Waals surface area contributed by atoms with Gasteiger partial charge in [-0.05, 0) is 0 Å². The average Bonchev–Trinajstić information content (AvgIpc) is 1.76. The Morgan fingerprint density at radius 1 is 0.833 bits per heavy atom. The standard InChI is InChI=1S/C2H8O8P2/c3-11(4,5)9-1-2-10-12(6,7)8/h1-2H2,(H2,3,4,5)(H2,6,7,8)/p-4. The second kappa shape index (κ2) is 4.45. The molecule has 0 atom stereocenters. The maximum atomic E-state index is 9.72. The topological polar surface area (TPSA) is 145 Å². The summed E-state index contributed by atoms with van der Waals surface area (Å²) < 4.78 is 26.5. The fourth-order valence-corrected chi connectivity index (χ4v) is 0.894. The lowest BCUT2D eigenvalue weighted by Crippen LogP contribution is -2.21. The zero-order valence-corrected chi connectivity index (χ0v) is 7.36. The van der Waals surface area contributed by atoms with Gasteiger partial charge in [-0.1, -0.05) is 0 Å². The summed E-state index contributed by atoms with van der Waals surface area (Å²) in [5.41, 5.74) is 0. The van der Waals surface area contributed by atoms with E-state index in [2.05, 4.69) is 9.05 Å². The highest BCUT2D eigenvalue weighted by atomic mass is 31.2. The molecule has 0 heterocycles. The van der Waals surface area contributed by atoms with Gasteiger partial charge >= 0.3 is 0 Å². The summed E-state index contributed by atoms with van der Waals surface area (Å²) >= 11 is 0. The minimum atomic E-state index is -5.12. The van der Waals surface area contributed by atoms with Gasteiger partial charge in [-0.3, -0.25) is 0 Å². The molecule has 0 N–H and O–H groups in total. The van der Waals surface area contributed by atoms with E-state index in [0.29, 0.717) is 0 Å². The Balaban J connectivity index is 3.48. The van der Waals surface area contributed by atoms with Crippen molar-refractivity contribution in [2.45, 2.75) is 0 Å². The number of hydrogen-bond acceptors (Lipinski definition) is 8. The van der Waals surface area contributed by atoms with Crippen molar-refractivity contribution in [1.29, 1.82) is 0 Å². The normalized spacial score (nSPS) is 13.3. The number of phosphoric ester groups is 2. The van der Waals surface area contributed by atoms with Crippen LogP contribution in [0, 0.1) is 0 Å². The van der Waals surface area contributed by atoms with E-state index in [1.165, 1.54) is 0 Å². The van der Waals surface area contributed by atoms with E-state index in [1.54, 1.807) is 0 Å². The van der Waals surface area contributed by atoms with E-state index in [1.807, 2.05) is 0 Å². The van der Waals surface area contributed by atoms with Crippen LogP contribution in [0.4, 0.5) is 0 Å². The molecule has 0 spiro atoms. The average molecular weight is 218 g/mol. The molecule has 0 radical (unpaired) electrons. The van der Waals surface area contributed by atoms with Crippen LogP contribution in [0.15, 0.2) is 0 Å². The minimum absolute atomic E-state index is 0.793. The van der Waals surface area contributed by atoms with E-state index in [-0.39, 0.29) is 0 Å². The zero-order valence-electron chi connectivity index (χ0n) is 5.57. The molecule has 0 aromatic heterocycles. The molecule has 74 valence electrons. The number of hydrogen-bond donors (Lipinski definition) is 0. The lowest BCUT2D eigenvalue weighted by molar-refractivity contribution is -0.349. The second-order valence-electron chi connectivity index (χ2n) is 1.56. The fourth-order valence-electron chi connectivity index (χ4n) is 0.298. The molecule has 0 bridgehead atoms. The first-order valence-corrected chi connectivity index (χ1v) is 5.46. The molecule has 0 amide bonds. The smallest absolute Gasteiger partial charge is 0.0756 e. The second-order valence-corrected chi connectivity index (χ2v) is 3.87. The zero-order chi connectivity index (χ0) is 9.83. The molecule has 0 aliphatic rings. The first-order valence-electron chi connectivity index (χ1n) is 2.54. The van der Waals surface area contributed by atoms with Crippen LogP contribution < -0.4 is 19.6 Å². The monoisotopic (exact) mass is 218 g/mol. The van der Waals surface area contributed by atoms with E-state index in [9.17, 15) is 28.7 Å². The summed E-state index contributed by atoms with van der Waals surface area (Å²) in [5.74, 6) is 0. The van der Waals surface area contributed by atoms with E-state index >= 15 is 0 Å². The Hall–Kier alpha value is 0.220. The summed E-state index contributed by atoms with van der Waals surface area (Å²) in [6.07, 6.45) is 0. The van der Waals surface area contributed by atoms with Crippen molar-refractivity contribution in [3.05, 3.63) is 0 Å². The highest BCUT2D eigenvalue weighted by molar-refractivity contribution is 7.43. The molecule has 0 saturated heterocycles. The van der Waals surface area contributed by atoms with Gasteiger partial charge in [0.25, 0.3) is 0 Å². The Morgan fingerprint density at radius 3 is 1.25 bits per heavy atom. The molecule has 8 nitrogen and oxygen atoms in total. The van der Waals surface area contributed by atoms with E-state index < -0.39 is 28.9 Å². The van der Waals surface area contributed by atoms with Crippen LogP contribution in [-0.2, 0) is 18.2 Å². The van der Waals surface area contributed by atoms with Crippen molar-refractivity contribution in [1.82, 2.24) is 0 Å². The summed E-state index contributed by atoms with van der Waals surface area (Å²) in [7, 11) is -10.2. The predicted octanol–water partition coefficient (Wildman–Crippen LogP) is -3.32. The summed E-state index contributed by atoms with van der Waals surface area (Å²) in [5, 5.41) is 0. The van der Waals surface area contributed by atoms with Crippen molar-refractivity contribution in [3.8, 4) is 0 Å². The third kappa shape index (κ3) is 10.2. The Morgan fingerprint density at radius 2 is 1.08 bits per heavy atom. The molecule has 0 fully saturated rings. The molecule has 0 unspecified atom stereocenters. The van der Waals surface area contributed by atoms with Crippen LogP contribution in [0.2, 0.25) is 0 Å². The van der Waals surface area contributed by atoms with Gasteiger partial charge in [-0.25, -0.2) is 0 Å². The van der Waals surface area contributed by atoms with Crippen LogP contribution in [0.3, 0.4) is 0 Å². The first-order chi connectivity index (χ1) is 5.21. The van der Waals surface area contributed by atoms with Crippen molar-refractivity contribution in [2.24, 2.45) is 0 Å². The lowest BCUT2D eigenvalue weighted by atomic mass is 10.8. The van der Waals surface area contributed by atoms with Gasteiger partial charge in [-0.15, -0.1) is 0 Å². The largest absolute Gasteiger partial charge is 0.790 e. The van der Waals surface area contributed by atoms with Crippen LogP contribution in [-0.4, -0.2) is 13.2 Å². The Bertz CT molecular complexity index is 187. The van der Waals surface area contributed by atoms with Crippen molar-refractivity contribution < 1.29 is 37.8 Å². The minimum Gasteiger partial charge on any atom is -0.790 e. The molecule has 0 saturated carbocycles. The molecule has 12 heavy (non-hydrogen) atoms. The molecular weight excluding hydrogens is 214 g/mol. The quantitative estimate of drug-likeness (QED) is 0.344. The fraction of sp³-hybridized carbons (Fsp3) is 1.00. The van der Waals surface area contributed by atoms with Gasteiger partial charge in [-0.2, -0.15) is 0 Å². The number of phosphoric acid groups is 2.